The van der Waals surface area contributed by atoms with E-state index >= 15 is 0 Å². The summed E-state index contributed by atoms with van der Waals surface area (Å²) in [5.74, 6) is 0.943. The van der Waals surface area contributed by atoms with Crippen LogP contribution in [0.25, 0.3) is 10.9 Å². The predicted molar refractivity (Wildman–Crippen MR) is 83.6 cm³/mol. The summed E-state index contributed by atoms with van der Waals surface area (Å²) in [7, 11) is 3.11. The zero-order valence-corrected chi connectivity index (χ0v) is 12.2. The third-order valence-electron chi connectivity index (χ3n) is 3.36. The van der Waals surface area contributed by atoms with Gasteiger partial charge in [-0.25, -0.2) is 0 Å². The van der Waals surface area contributed by atoms with Gasteiger partial charge in [0, 0.05) is 17.1 Å². The van der Waals surface area contributed by atoms with Gasteiger partial charge in [-0.05, 0) is 18.2 Å². The van der Waals surface area contributed by atoms with Crippen LogP contribution in [0.4, 0.5) is 5.69 Å². The van der Waals surface area contributed by atoms with Crippen LogP contribution in [0.15, 0.2) is 42.6 Å². The van der Waals surface area contributed by atoms with Gasteiger partial charge < -0.3 is 14.8 Å². The molecule has 6 nitrogen and oxygen atoms in total. The number of hydrogen-bond acceptors (Lipinski definition) is 4. The minimum atomic E-state index is -0.220. The van der Waals surface area contributed by atoms with Crippen LogP contribution in [-0.4, -0.2) is 30.3 Å². The van der Waals surface area contributed by atoms with Crippen LogP contribution in [0, 0.1) is 0 Å². The van der Waals surface area contributed by atoms with Crippen molar-refractivity contribution in [1.29, 1.82) is 0 Å². The molecular formula is C16H15N3O3. The molecule has 3 rings (SSSR count). The Morgan fingerprint density at radius 2 is 1.95 bits per heavy atom. The minimum absolute atomic E-state index is 0.220. The summed E-state index contributed by atoms with van der Waals surface area (Å²) in [6.45, 7) is 0. The van der Waals surface area contributed by atoms with E-state index in [0.29, 0.717) is 28.3 Å². The maximum Gasteiger partial charge on any atom is 0.257 e. The van der Waals surface area contributed by atoms with Crippen LogP contribution in [-0.2, 0) is 0 Å². The number of amides is 1. The maximum atomic E-state index is 12.4. The van der Waals surface area contributed by atoms with Gasteiger partial charge in [-0.1, -0.05) is 12.1 Å². The Hall–Kier alpha value is -3.02. The number of nitrogens with zero attached hydrogens (tertiary/aromatic N) is 1. The van der Waals surface area contributed by atoms with Crippen molar-refractivity contribution in [2.24, 2.45) is 0 Å². The fraction of sp³-hybridized carbons (Fsp3) is 0.125. The van der Waals surface area contributed by atoms with Gasteiger partial charge >= 0.3 is 0 Å². The van der Waals surface area contributed by atoms with Gasteiger partial charge in [-0.15, -0.1) is 0 Å². The molecule has 0 aliphatic heterocycles. The van der Waals surface area contributed by atoms with Gasteiger partial charge in [-0.2, -0.15) is 5.10 Å². The molecule has 0 saturated carbocycles. The Kier molecular flexibility index (Phi) is 3.65. The number of anilines is 1. The SMILES string of the molecule is COc1ccc(NC(=O)c2cccc3cn[nH]c23)cc1OC. The van der Waals surface area contributed by atoms with E-state index in [-0.39, 0.29) is 5.91 Å². The maximum absolute atomic E-state index is 12.4. The van der Waals surface area contributed by atoms with E-state index in [2.05, 4.69) is 15.5 Å². The number of aromatic nitrogens is 2. The Labute approximate surface area is 127 Å². The number of rotatable bonds is 4. The van der Waals surface area contributed by atoms with E-state index in [0.717, 1.165) is 5.39 Å². The molecule has 0 spiro atoms. The summed E-state index contributed by atoms with van der Waals surface area (Å²) in [4.78, 5) is 12.4. The molecule has 0 atom stereocenters. The number of H-pyrrole nitrogens is 1. The highest BCUT2D eigenvalue weighted by molar-refractivity contribution is 6.11. The second kappa shape index (κ2) is 5.77. The Balaban J connectivity index is 1.90. The lowest BCUT2D eigenvalue weighted by atomic mass is 10.1. The molecular weight excluding hydrogens is 282 g/mol. The van der Waals surface area contributed by atoms with Crippen molar-refractivity contribution < 1.29 is 14.3 Å². The highest BCUT2D eigenvalue weighted by Crippen LogP contribution is 2.30. The zero-order valence-electron chi connectivity index (χ0n) is 12.2. The second-order valence-electron chi connectivity index (χ2n) is 4.66. The van der Waals surface area contributed by atoms with Crippen molar-refractivity contribution in [3.8, 4) is 11.5 Å². The van der Waals surface area contributed by atoms with E-state index in [1.54, 1.807) is 44.7 Å². The second-order valence-corrected chi connectivity index (χ2v) is 4.66. The first kappa shape index (κ1) is 13.9. The van der Waals surface area contributed by atoms with Crippen LogP contribution < -0.4 is 14.8 Å². The van der Waals surface area contributed by atoms with Gasteiger partial charge in [0.15, 0.2) is 11.5 Å². The van der Waals surface area contributed by atoms with E-state index in [1.807, 2.05) is 12.1 Å². The third kappa shape index (κ3) is 2.46. The minimum Gasteiger partial charge on any atom is -0.493 e. The average Bonchev–Trinajstić information content (AvgIpc) is 3.03. The smallest absolute Gasteiger partial charge is 0.257 e. The molecule has 22 heavy (non-hydrogen) atoms. The van der Waals surface area contributed by atoms with Crippen molar-refractivity contribution in [2.45, 2.75) is 0 Å². The van der Waals surface area contributed by atoms with Crippen LogP contribution in [0.2, 0.25) is 0 Å². The number of carbonyl (C=O) groups excluding carboxylic acids is 1. The molecule has 1 amide bonds. The van der Waals surface area contributed by atoms with Gasteiger partial charge in [-0.3, -0.25) is 9.89 Å². The molecule has 0 fully saturated rings. The van der Waals surface area contributed by atoms with Gasteiger partial charge in [0.25, 0.3) is 5.91 Å². The number of carbonyl (C=O) groups is 1. The molecule has 0 unspecified atom stereocenters. The standard InChI is InChI=1S/C16H15N3O3/c1-21-13-7-6-11(8-14(13)22-2)18-16(20)12-5-3-4-10-9-17-19-15(10)12/h3-9H,1-2H3,(H,17,19)(H,18,20). The van der Waals surface area contributed by atoms with Crippen LogP contribution in [0.3, 0.4) is 0 Å². The largest absolute Gasteiger partial charge is 0.493 e. The summed E-state index contributed by atoms with van der Waals surface area (Å²) in [6.07, 6.45) is 1.68. The molecule has 112 valence electrons. The number of fused-ring (bicyclic) bond motifs is 1. The van der Waals surface area contributed by atoms with E-state index in [1.165, 1.54) is 0 Å². The predicted octanol–water partition coefficient (Wildman–Crippen LogP) is 2.83. The van der Waals surface area contributed by atoms with Crippen LogP contribution >= 0.6 is 0 Å². The van der Waals surface area contributed by atoms with E-state index in [9.17, 15) is 4.79 Å². The molecule has 2 aromatic carbocycles. The summed E-state index contributed by atoms with van der Waals surface area (Å²) in [5, 5.41) is 10.5. The van der Waals surface area contributed by atoms with Crippen LogP contribution in [0.1, 0.15) is 10.4 Å². The highest BCUT2D eigenvalue weighted by Gasteiger charge is 2.13. The fourth-order valence-corrected chi connectivity index (χ4v) is 2.27. The Bertz CT molecular complexity index is 826. The van der Waals surface area contributed by atoms with Crippen molar-refractivity contribution in [1.82, 2.24) is 10.2 Å². The molecule has 1 heterocycles. The number of benzene rings is 2. The quantitative estimate of drug-likeness (QED) is 0.776. The first-order chi connectivity index (χ1) is 10.7. The average molecular weight is 297 g/mol. The fourth-order valence-electron chi connectivity index (χ4n) is 2.27. The first-order valence-corrected chi connectivity index (χ1v) is 6.68. The monoisotopic (exact) mass is 297 g/mol. The molecule has 3 aromatic rings. The van der Waals surface area contributed by atoms with Crippen LogP contribution in [0.5, 0.6) is 11.5 Å². The first-order valence-electron chi connectivity index (χ1n) is 6.68. The number of ether oxygens (including phenoxy) is 2. The van der Waals surface area contributed by atoms with Gasteiger partial charge in [0.1, 0.15) is 0 Å². The highest BCUT2D eigenvalue weighted by atomic mass is 16.5. The molecule has 0 aliphatic rings. The number of hydrogen-bond donors (Lipinski definition) is 2. The van der Waals surface area contributed by atoms with Gasteiger partial charge in [0.05, 0.1) is 31.5 Å². The molecule has 2 N–H and O–H groups in total. The number of aromatic amines is 1. The van der Waals surface area contributed by atoms with E-state index < -0.39 is 0 Å². The van der Waals surface area contributed by atoms with Crippen molar-refractivity contribution >= 4 is 22.5 Å². The molecule has 1 aromatic heterocycles. The molecule has 0 radical (unpaired) electrons. The molecule has 0 bridgehead atoms. The summed E-state index contributed by atoms with van der Waals surface area (Å²) >= 11 is 0. The number of para-hydroxylation sites is 1. The molecule has 6 heteroatoms. The lowest BCUT2D eigenvalue weighted by molar-refractivity contribution is 0.102. The molecule has 0 saturated heterocycles. The Morgan fingerprint density at radius 3 is 2.73 bits per heavy atom. The summed E-state index contributed by atoms with van der Waals surface area (Å²) < 4.78 is 10.4. The summed E-state index contributed by atoms with van der Waals surface area (Å²) in [6, 6.07) is 10.7. The number of methoxy groups -OCH3 is 2. The topological polar surface area (TPSA) is 76.2 Å². The number of nitrogens with one attached hydrogen (secondary N) is 2. The van der Waals surface area contributed by atoms with E-state index in [4.69, 9.17) is 9.47 Å². The van der Waals surface area contributed by atoms with Crippen molar-refractivity contribution in [3.05, 3.63) is 48.2 Å². The Morgan fingerprint density at radius 1 is 1.14 bits per heavy atom. The normalized spacial score (nSPS) is 10.5. The lowest BCUT2D eigenvalue weighted by Crippen LogP contribution is -2.12. The third-order valence-corrected chi connectivity index (χ3v) is 3.36. The molecule has 0 aliphatic carbocycles. The lowest BCUT2D eigenvalue weighted by Gasteiger charge is -2.11. The zero-order chi connectivity index (χ0) is 15.5. The van der Waals surface area contributed by atoms with Crippen molar-refractivity contribution in [2.75, 3.05) is 19.5 Å². The summed E-state index contributed by atoms with van der Waals surface area (Å²) in [5.41, 5.74) is 1.87. The van der Waals surface area contributed by atoms with Gasteiger partial charge in [0.2, 0.25) is 0 Å². The van der Waals surface area contributed by atoms with Crippen molar-refractivity contribution in [3.63, 3.8) is 0 Å².